The molecule has 2 aliphatic rings. The van der Waals surface area contributed by atoms with Gasteiger partial charge in [0.05, 0.1) is 31.3 Å². The number of methoxy groups -OCH3 is 2. The summed E-state index contributed by atoms with van der Waals surface area (Å²) in [5.41, 5.74) is 3.09. The molecule has 0 saturated heterocycles. The summed E-state index contributed by atoms with van der Waals surface area (Å²) in [5.74, 6) is 1.34. The number of amides is 2. The SMILES string of the molecule is COc1ccc(NC(=O)CSC2=Nc3ccccc3C3=N[C@H](Cc4ccccc4)C(=O)N23)c(OC)c1. The maximum Gasteiger partial charge on any atom is 0.259 e. The molecule has 9 heteroatoms. The fourth-order valence-electron chi connectivity index (χ4n) is 4.09. The lowest BCUT2D eigenvalue weighted by Crippen LogP contribution is -2.41. The Kier molecular flexibility index (Phi) is 6.73. The lowest BCUT2D eigenvalue weighted by molar-refractivity contribution is -0.124. The van der Waals surface area contributed by atoms with Crippen molar-refractivity contribution in [2.45, 2.75) is 12.5 Å². The zero-order valence-electron chi connectivity index (χ0n) is 19.8. The van der Waals surface area contributed by atoms with E-state index in [4.69, 9.17) is 19.5 Å². The van der Waals surface area contributed by atoms with Gasteiger partial charge in [0, 0.05) is 18.1 Å². The Labute approximate surface area is 213 Å². The molecule has 0 bridgehead atoms. The quantitative estimate of drug-likeness (QED) is 0.523. The highest BCUT2D eigenvalue weighted by molar-refractivity contribution is 8.14. The van der Waals surface area contributed by atoms with Crippen molar-refractivity contribution in [2.75, 3.05) is 25.3 Å². The molecule has 0 aliphatic carbocycles. The standard InChI is InChI=1S/C27H24N4O4S/c1-34-18-12-13-21(23(15-18)35-2)28-24(32)16-36-27-30-20-11-7-6-10-19(20)25-29-22(26(33)31(25)27)14-17-8-4-3-5-9-17/h3-13,15,22H,14,16H2,1-2H3,(H,28,32)/t22-/m1/s1. The Morgan fingerprint density at radius 1 is 1.03 bits per heavy atom. The van der Waals surface area contributed by atoms with Gasteiger partial charge in [-0.1, -0.05) is 54.2 Å². The van der Waals surface area contributed by atoms with Crippen molar-refractivity contribution in [1.29, 1.82) is 0 Å². The monoisotopic (exact) mass is 500 g/mol. The largest absolute Gasteiger partial charge is 0.497 e. The van der Waals surface area contributed by atoms with E-state index >= 15 is 0 Å². The van der Waals surface area contributed by atoms with Gasteiger partial charge in [-0.2, -0.15) is 0 Å². The number of thioether (sulfide) groups is 1. The van der Waals surface area contributed by atoms with Gasteiger partial charge in [0.15, 0.2) is 5.17 Å². The van der Waals surface area contributed by atoms with Crippen LogP contribution < -0.4 is 14.8 Å². The number of hydrogen-bond donors (Lipinski definition) is 1. The van der Waals surface area contributed by atoms with Gasteiger partial charge in [-0.25, -0.2) is 9.89 Å². The number of nitrogens with one attached hydrogen (secondary N) is 1. The number of aliphatic imine (C=N–C) groups is 2. The van der Waals surface area contributed by atoms with Crippen molar-refractivity contribution in [3.63, 3.8) is 0 Å². The molecule has 5 rings (SSSR count). The average Bonchev–Trinajstić information content (AvgIpc) is 3.24. The van der Waals surface area contributed by atoms with Gasteiger partial charge in [0.2, 0.25) is 5.91 Å². The van der Waals surface area contributed by atoms with E-state index in [9.17, 15) is 9.59 Å². The molecular weight excluding hydrogens is 476 g/mol. The fourth-order valence-corrected chi connectivity index (χ4v) is 4.89. The van der Waals surface area contributed by atoms with Crippen LogP contribution in [0.25, 0.3) is 0 Å². The van der Waals surface area contributed by atoms with Crippen molar-refractivity contribution in [2.24, 2.45) is 9.98 Å². The van der Waals surface area contributed by atoms with Crippen LogP contribution in [0.5, 0.6) is 11.5 Å². The van der Waals surface area contributed by atoms with Gasteiger partial charge < -0.3 is 14.8 Å². The summed E-state index contributed by atoms with van der Waals surface area (Å²) in [5, 5.41) is 3.29. The van der Waals surface area contributed by atoms with Crippen LogP contribution in [0.1, 0.15) is 11.1 Å². The number of nitrogens with zero attached hydrogens (tertiary/aromatic N) is 3. The number of fused-ring (bicyclic) bond motifs is 3. The van der Waals surface area contributed by atoms with Crippen LogP contribution in [0.15, 0.2) is 82.8 Å². The van der Waals surface area contributed by atoms with E-state index in [2.05, 4.69) is 5.32 Å². The van der Waals surface area contributed by atoms with Gasteiger partial charge in [0.1, 0.15) is 23.4 Å². The third kappa shape index (κ3) is 4.70. The van der Waals surface area contributed by atoms with Crippen LogP contribution in [0.2, 0.25) is 0 Å². The molecule has 0 aromatic heterocycles. The minimum absolute atomic E-state index is 0.0522. The molecule has 0 unspecified atom stereocenters. The molecule has 1 atom stereocenters. The summed E-state index contributed by atoms with van der Waals surface area (Å²) in [6, 6.07) is 22.0. The Morgan fingerprint density at radius 3 is 2.58 bits per heavy atom. The summed E-state index contributed by atoms with van der Waals surface area (Å²) in [4.78, 5) is 37.3. The molecule has 0 fully saturated rings. The molecule has 0 spiro atoms. The number of ether oxygens (including phenoxy) is 2. The molecule has 3 aromatic carbocycles. The highest BCUT2D eigenvalue weighted by atomic mass is 32.2. The zero-order valence-corrected chi connectivity index (χ0v) is 20.6. The maximum atomic E-state index is 13.4. The second-order valence-electron chi connectivity index (χ2n) is 8.15. The average molecular weight is 501 g/mol. The van der Waals surface area contributed by atoms with E-state index in [1.165, 1.54) is 18.9 Å². The normalized spacial score (nSPS) is 16.0. The van der Waals surface area contributed by atoms with Crippen molar-refractivity contribution in [1.82, 2.24) is 4.90 Å². The smallest absolute Gasteiger partial charge is 0.259 e. The van der Waals surface area contributed by atoms with Gasteiger partial charge in [-0.05, 0) is 29.8 Å². The summed E-state index contributed by atoms with van der Waals surface area (Å²) in [6.45, 7) is 0. The Bertz CT molecular complexity index is 1370. The van der Waals surface area contributed by atoms with Crippen LogP contribution in [-0.2, 0) is 16.0 Å². The fraction of sp³-hybridized carbons (Fsp3) is 0.185. The van der Waals surface area contributed by atoms with E-state index < -0.39 is 6.04 Å². The first-order valence-electron chi connectivity index (χ1n) is 11.4. The molecule has 36 heavy (non-hydrogen) atoms. The van der Waals surface area contributed by atoms with Gasteiger partial charge >= 0.3 is 0 Å². The predicted molar refractivity (Wildman–Crippen MR) is 141 cm³/mol. The number of benzene rings is 3. The van der Waals surface area contributed by atoms with Crippen LogP contribution in [0.3, 0.4) is 0 Å². The molecule has 2 heterocycles. The first-order chi connectivity index (χ1) is 17.6. The first-order valence-corrected chi connectivity index (χ1v) is 12.3. The number of carbonyl (C=O) groups excluding carboxylic acids is 2. The van der Waals surface area contributed by atoms with Gasteiger partial charge in [-0.15, -0.1) is 0 Å². The van der Waals surface area contributed by atoms with E-state index in [0.29, 0.717) is 34.6 Å². The Hall–Kier alpha value is -4.11. The lowest BCUT2D eigenvalue weighted by atomic mass is 10.1. The Morgan fingerprint density at radius 2 is 1.81 bits per heavy atom. The van der Waals surface area contributed by atoms with E-state index in [0.717, 1.165) is 16.8 Å². The molecule has 3 aromatic rings. The van der Waals surface area contributed by atoms with Crippen LogP contribution in [0, 0.1) is 0 Å². The second kappa shape index (κ2) is 10.2. The Balaban J connectivity index is 1.35. The summed E-state index contributed by atoms with van der Waals surface area (Å²) >= 11 is 1.19. The zero-order chi connectivity index (χ0) is 25.1. The summed E-state index contributed by atoms with van der Waals surface area (Å²) in [6.07, 6.45) is 0.498. The minimum atomic E-state index is -0.545. The molecule has 0 radical (unpaired) electrons. The van der Waals surface area contributed by atoms with Crippen LogP contribution in [0.4, 0.5) is 11.4 Å². The molecule has 8 nitrogen and oxygen atoms in total. The van der Waals surface area contributed by atoms with Gasteiger partial charge in [-0.3, -0.25) is 14.6 Å². The molecular formula is C27H24N4O4S. The molecule has 2 aliphatic heterocycles. The van der Waals surface area contributed by atoms with Gasteiger partial charge in [0.25, 0.3) is 5.91 Å². The number of amidine groups is 2. The summed E-state index contributed by atoms with van der Waals surface area (Å²) < 4.78 is 10.6. The second-order valence-corrected chi connectivity index (χ2v) is 9.09. The van der Waals surface area contributed by atoms with Crippen molar-refractivity contribution in [3.05, 3.63) is 83.9 Å². The van der Waals surface area contributed by atoms with Crippen LogP contribution >= 0.6 is 11.8 Å². The third-order valence-electron chi connectivity index (χ3n) is 5.83. The minimum Gasteiger partial charge on any atom is -0.497 e. The lowest BCUT2D eigenvalue weighted by Gasteiger charge is -2.25. The number of anilines is 1. The maximum absolute atomic E-state index is 13.4. The molecule has 2 amide bonds. The van der Waals surface area contributed by atoms with E-state index in [1.807, 2.05) is 54.6 Å². The number of rotatable bonds is 7. The predicted octanol–water partition coefficient (Wildman–Crippen LogP) is 4.28. The molecule has 1 N–H and O–H groups in total. The number of hydrogen-bond acceptors (Lipinski definition) is 7. The summed E-state index contributed by atoms with van der Waals surface area (Å²) in [7, 11) is 3.09. The molecule has 182 valence electrons. The highest BCUT2D eigenvalue weighted by Gasteiger charge is 2.41. The topological polar surface area (TPSA) is 92.6 Å². The van der Waals surface area contributed by atoms with E-state index in [1.54, 1.807) is 30.2 Å². The number of carbonyl (C=O) groups is 2. The first kappa shape index (κ1) is 23.6. The van der Waals surface area contributed by atoms with Crippen molar-refractivity contribution >= 4 is 46.0 Å². The number of para-hydroxylation sites is 1. The highest BCUT2D eigenvalue weighted by Crippen LogP contribution is 2.34. The van der Waals surface area contributed by atoms with Crippen LogP contribution in [-0.4, -0.2) is 53.7 Å². The molecule has 0 saturated carbocycles. The van der Waals surface area contributed by atoms with Crippen molar-refractivity contribution in [3.8, 4) is 11.5 Å². The third-order valence-corrected chi connectivity index (χ3v) is 6.77. The van der Waals surface area contributed by atoms with Crippen molar-refractivity contribution < 1.29 is 19.1 Å². The van der Waals surface area contributed by atoms with E-state index in [-0.39, 0.29) is 17.6 Å².